The van der Waals surface area contributed by atoms with E-state index in [1.807, 2.05) is 0 Å². The van der Waals surface area contributed by atoms with Crippen molar-refractivity contribution in [2.24, 2.45) is 13.0 Å². The van der Waals surface area contributed by atoms with Gasteiger partial charge in [0.15, 0.2) is 11.5 Å². The van der Waals surface area contributed by atoms with Crippen molar-refractivity contribution in [2.75, 3.05) is 6.61 Å². The maximum Gasteiger partial charge on any atom is 0.459 e. The van der Waals surface area contributed by atoms with Crippen LogP contribution >= 0.6 is 11.6 Å². The molecule has 1 saturated heterocycles. The number of nitrogens with one attached hydrogen (secondary N) is 1. The molecule has 2 aliphatic rings. The minimum Gasteiger partial charge on any atom is -0.464 e. The van der Waals surface area contributed by atoms with E-state index in [2.05, 4.69) is 15.6 Å². The molecule has 206 valence electrons. The molecule has 0 spiro atoms. The maximum atomic E-state index is 13.9. The molecule has 0 saturated carbocycles. The number of carbonyl (C=O) groups excluding carboxylic acids is 2. The molecule has 1 amide bonds. The number of allylic oxidation sites excluding steroid dienone is 3. The van der Waals surface area contributed by atoms with Crippen LogP contribution in [0.25, 0.3) is 17.0 Å². The van der Waals surface area contributed by atoms with E-state index >= 15 is 0 Å². The Labute approximate surface area is 212 Å². The first-order valence-electron chi connectivity index (χ1n) is 10.6. The molecule has 2 aromatic heterocycles. The zero-order valence-electron chi connectivity index (χ0n) is 18.9. The van der Waals surface area contributed by atoms with Gasteiger partial charge in [0.25, 0.3) is 0 Å². The van der Waals surface area contributed by atoms with Gasteiger partial charge in [0.2, 0.25) is 5.91 Å². The van der Waals surface area contributed by atoms with Crippen LogP contribution in [0, 0.1) is 5.92 Å². The lowest BCUT2D eigenvalue weighted by Gasteiger charge is -2.21. The predicted molar refractivity (Wildman–Crippen MR) is 111 cm³/mol. The molecule has 2 aromatic rings. The molecule has 3 heterocycles. The van der Waals surface area contributed by atoms with Gasteiger partial charge in [-0.25, -0.2) is 4.79 Å². The van der Waals surface area contributed by atoms with Gasteiger partial charge in [-0.05, 0) is 18.1 Å². The van der Waals surface area contributed by atoms with E-state index < -0.39 is 64.8 Å². The van der Waals surface area contributed by atoms with Crippen LogP contribution in [0.2, 0.25) is 0 Å². The van der Waals surface area contributed by atoms with Gasteiger partial charge in [-0.1, -0.05) is 22.8 Å². The average Bonchev–Trinajstić information content (AvgIpc) is 3.52. The van der Waals surface area contributed by atoms with Crippen molar-refractivity contribution in [2.45, 2.75) is 37.2 Å². The molecule has 1 aliphatic heterocycles. The number of halogens is 9. The lowest BCUT2D eigenvalue weighted by molar-refractivity contribution is -0.292. The predicted octanol–water partition coefficient (Wildman–Crippen LogP) is 4.71. The maximum absolute atomic E-state index is 13.9. The first-order chi connectivity index (χ1) is 17.5. The molecule has 4 rings (SSSR count). The van der Waals surface area contributed by atoms with E-state index in [9.17, 15) is 44.7 Å². The van der Waals surface area contributed by atoms with Gasteiger partial charge in [-0.15, -0.1) is 0 Å². The van der Waals surface area contributed by atoms with Crippen LogP contribution in [0.15, 0.2) is 27.8 Å². The SMILES string of the molecule is Cn1nc(C(F)(F)C(F)(F)F)c(C(F)(F)F)c1-c1cc(C2=CC=C(Cl)C(C(=O)NC3CCOC3=O)C2)on1. The highest BCUT2D eigenvalue weighted by molar-refractivity contribution is 6.31. The second-order valence-electron chi connectivity index (χ2n) is 8.36. The highest BCUT2D eigenvalue weighted by Gasteiger charge is 2.64. The molecule has 2 atom stereocenters. The highest BCUT2D eigenvalue weighted by Crippen LogP contribution is 2.50. The van der Waals surface area contributed by atoms with Gasteiger partial charge < -0.3 is 14.6 Å². The Morgan fingerprint density at radius 3 is 2.42 bits per heavy atom. The molecular formula is C21H15ClF8N4O4. The fourth-order valence-corrected chi connectivity index (χ4v) is 4.20. The molecule has 1 aliphatic carbocycles. The summed E-state index contributed by atoms with van der Waals surface area (Å²) in [5.74, 6) is -8.43. The fourth-order valence-electron chi connectivity index (χ4n) is 3.96. The Morgan fingerprint density at radius 1 is 1.16 bits per heavy atom. The Balaban J connectivity index is 1.66. The Hall–Kier alpha value is -3.43. The molecule has 0 radical (unpaired) electrons. The van der Waals surface area contributed by atoms with E-state index in [0.29, 0.717) is 0 Å². The lowest BCUT2D eigenvalue weighted by Crippen LogP contribution is -2.41. The number of rotatable bonds is 5. The number of amides is 1. The van der Waals surface area contributed by atoms with E-state index in [1.165, 1.54) is 12.2 Å². The largest absolute Gasteiger partial charge is 0.464 e. The van der Waals surface area contributed by atoms with E-state index in [4.69, 9.17) is 20.9 Å². The summed E-state index contributed by atoms with van der Waals surface area (Å²) in [5.41, 5.74) is -6.59. The number of esters is 1. The number of nitrogens with zero attached hydrogens (tertiary/aromatic N) is 3. The minimum absolute atomic E-state index is 0.0716. The van der Waals surface area contributed by atoms with Crippen molar-refractivity contribution in [1.82, 2.24) is 20.3 Å². The number of cyclic esters (lactones) is 1. The average molecular weight is 575 g/mol. The summed E-state index contributed by atoms with van der Waals surface area (Å²) in [5, 5.41) is 8.80. The molecule has 0 aromatic carbocycles. The number of ether oxygens (including phenoxy) is 1. The number of hydrogen-bond acceptors (Lipinski definition) is 6. The van der Waals surface area contributed by atoms with Crippen molar-refractivity contribution in [3.05, 3.63) is 40.3 Å². The Morgan fingerprint density at radius 2 is 1.84 bits per heavy atom. The number of aryl methyl sites for hydroxylation is 1. The molecule has 38 heavy (non-hydrogen) atoms. The van der Waals surface area contributed by atoms with E-state index in [-0.39, 0.29) is 40.5 Å². The van der Waals surface area contributed by atoms with Crippen LogP contribution in [-0.4, -0.2) is 45.6 Å². The molecule has 1 fully saturated rings. The Bertz CT molecular complexity index is 1340. The van der Waals surface area contributed by atoms with Gasteiger partial charge in [0.05, 0.1) is 12.5 Å². The summed E-state index contributed by atoms with van der Waals surface area (Å²) in [7, 11) is 0.742. The summed E-state index contributed by atoms with van der Waals surface area (Å²) >= 11 is 6.12. The molecular weight excluding hydrogens is 560 g/mol. The smallest absolute Gasteiger partial charge is 0.459 e. The molecule has 1 N–H and O–H groups in total. The summed E-state index contributed by atoms with van der Waals surface area (Å²) < 4.78 is 118. The standard InChI is InChI=1S/C21H15ClF8N4O4/c1-34-15(14(20(25,26)27)16(32-34)19(23,24)21(28,29)30)12-7-13(38-33-12)8-2-3-10(22)9(6-8)17(35)31-11-4-5-37-18(11)36/h2-3,7,9,11H,4-6H2,1H3,(H,31,35). The second kappa shape index (κ2) is 9.39. The summed E-state index contributed by atoms with van der Waals surface area (Å²) in [4.78, 5) is 24.3. The van der Waals surface area contributed by atoms with Crippen LogP contribution in [0.5, 0.6) is 0 Å². The van der Waals surface area contributed by atoms with Crippen LogP contribution < -0.4 is 5.32 Å². The third-order valence-corrected chi connectivity index (χ3v) is 6.21. The van der Waals surface area contributed by atoms with Crippen LogP contribution in [-0.2, 0) is 33.5 Å². The van der Waals surface area contributed by atoms with Gasteiger partial charge in [-0.3, -0.25) is 9.48 Å². The summed E-state index contributed by atoms with van der Waals surface area (Å²) in [6.45, 7) is 0.120. The second-order valence-corrected chi connectivity index (χ2v) is 8.80. The first kappa shape index (κ1) is 27.6. The monoisotopic (exact) mass is 574 g/mol. The van der Waals surface area contributed by atoms with Crippen molar-refractivity contribution in [3.8, 4) is 11.4 Å². The highest BCUT2D eigenvalue weighted by atomic mass is 35.5. The van der Waals surface area contributed by atoms with Crippen LogP contribution in [0.4, 0.5) is 35.1 Å². The van der Waals surface area contributed by atoms with Crippen molar-refractivity contribution in [1.29, 1.82) is 0 Å². The van der Waals surface area contributed by atoms with Crippen molar-refractivity contribution >= 4 is 29.1 Å². The third-order valence-electron chi connectivity index (χ3n) is 5.82. The molecule has 8 nitrogen and oxygen atoms in total. The zero-order valence-corrected chi connectivity index (χ0v) is 19.6. The van der Waals surface area contributed by atoms with Crippen LogP contribution in [0.3, 0.4) is 0 Å². The summed E-state index contributed by atoms with van der Waals surface area (Å²) in [6.07, 6.45) is -9.28. The van der Waals surface area contributed by atoms with Gasteiger partial charge in [0.1, 0.15) is 23.0 Å². The number of aromatic nitrogens is 3. The van der Waals surface area contributed by atoms with E-state index in [0.717, 1.165) is 13.1 Å². The molecule has 17 heteroatoms. The quantitative estimate of drug-likeness (QED) is 0.410. The fraction of sp³-hybridized carbons (Fsp3) is 0.429. The molecule has 2 unspecified atom stereocenters. The third kappa shape index (κ3) is 4.88. The number of carbonyl (C=O) groups is 2. The molecule has 0 bridgehead atoms. The topological polar surface area (TPSA) is 99.2 Å². The van der Waals surface area contributed by atoms with Crippen LogP contribution in [0.1, 0.15) is 29.9 Å². The normalized spacial score (nSPS) is 20.7. The Kier molecular flexibility index (Phi) is 6.82. The number of hydrogen-bond donors (Lipinski definition) is 1. The summed E-state index contributed by atoms with van der Waals surface area (Å²) in [6, 6.07) is -0.00268. The minimum atomic E-state index is -6.35. The van der Waals surface area contributed by atoms with Crippen molar-refractivity contribution < 1.29 is 54.0 Å². The lowest BCUT2D eigenvalue weighted by atomic mass is 9.91. The van der Waals surface area contributed by atoms with Gasteiger partial charge in [-0.2, -0.15) is 40.2 Å². The zero-order chi connectivity index (χ0) is 28.2. The van der Waals surface area contributed by atoms with Crippen molar-refractivity contribution in [3.63, 3.8) is 0 Å². The van der Waals surface area contributed by atoms with Gasteiger partial charge >= 0.3 is 24.2 Å². The first-order valence-corrected chi connectivity index (χ1v) is 11.0. The van der Waals surface area contributed by atoms with Gasteiger partial charge in [0, 0.05) is 24.6 Å². The number of alkyl halides is 8. The van der Waals surface area contributed by atoms with E-state index in [1.54, 1.807) is 0 Å².